The van der Waals surface area contributed by atoms with Crippen LogP contribution in [0.1, 0.15) is 63.5 Å². The number of fused-ring (bicyclic) bond motifs is 2. The number of aryl methyl sites for hydroxylation is 2. The third kappa shape index (κ3) is 4.23. The molecule has 0 spiro atoms. The molecular weight excluding hydrogens is 404 g/mol. The first-order valence-electron chi connectivity index (χ1n) is 11.9. The van der Waals surface area contributed by atoms with Crippen LogP contribution in [0.15, 0.2) is 29.1 Å². The van der Waals surface area contributed by atoms with Gasteiger partial charge in [-0.2, -0.15) is 5.10 Å². The number of amides is 1. The highest BCUT2D eigenvalue weighted by Crippen LogP contribution is 2.40. The maximum atomic E-state index is 13.0. The van der Waals surface area contributed by atoms with E-state index in [1.54, 1.807) is 9.25 Å². The zero-order chi connectivity index (χ0) is 22.2. The van der Waals surface area contributed by atoms with E-state index in [0.717, 1.165) is 54.8 Å². The van der Waals surface area contributed by atoms with Crippen molar-refractivity contribution in [3.8, 4) is 0 Å². The third-order valence-corrected chi connectivity index (χ3v) is 6.63. The van der Waals surface area contributed by atoms with Crippen LogP contribution in [0.25, 0.3) is 11.0 Å². The molecular formula is C24H32N6O2. The maximum Gasteiger partial charge on any atom is 0.345 e. The highest BCUT2D eigenvalue weighted by Gasteiger charge is 2.30. The minimum absolute atomic E-state index is 0.00828. The number of rotatable bonds is 7. The monoisotopic (exact) mass is 436 g/mol. The molecule has 3 aromatic rings. The Bertz CT molecular complexity index is 1180. The Balaban J connectivity index is 1.24. The lowest BCUT2D eigenvalue weighted by Gasteiger charge is -2.17. The fraction of sp³-hybridized carbons (Fsp3) is 0.583. The molecule has 1 fully saturated rings. The van der Waals surface area contributed by atoms with Gasteiger partial charge in [-0.25, -0.2) is 14.5 Å². The predicted molar refractivity (Wildman–Crippen MR) is 123 cm³/mol. The highest BCUT2D eigenvalue weighted by molar-refractivity contribution is 5.81. The van der Waals surface area contributed by atoms with Gasteiger partial charge < -0.3 is 9.88 Å². The Labute approximate surface area is 187 Å². The molecule has 0 saturated heterocycles. The number of para-hydroxylation sites is 2. The van der Waals surface area contributed by atoms with Gasteiger partial charge in [0.1, 0.15) is 18.2 Å². The van der Waals surface area contributed by atoms with Crippen molar-refractivity contribution in [1.82, 2.24) is 29.2 Å². The van der Waals surface area contributed by atoms with E-state index >= 15 is 0 Å². The molecule has 2 aliphatic rings. The van der Waals surface area contributed by atoms with Crippen molar-refractivity contribution in [2.24, 2.45) is 5.92 Å². The summed E-state index contributed by atoms with van der Waals surface area (Å²) in [7, 11) is 0. The third-order valence-electron chi connectivity index (χ3n) is 6.63. The van der Waals surface area contributed by atoms with E-state index in [0.29, 0.717) is 31.3 Å². The molecule has 0 bridgehead atoms. The molecule has 8 heteroatoms. The number of nitrogens with one attached hydrogen (secondary N) is 1. The first-order valence-corrected chi connectivity index (χ1v) is 11.9. The Morgan fingerprint density at radius 2 is 2.00 bits per heavy atom. The normalized spacial score (nSPS) is 18.7. The van der Waals surface area contributed by atoms with E-state index in [1.165, 1.54) is 0 Å². The first kappa shape index (κ1) is 21.0. The number of hydrogen-bond donors (Lipinski definition) is 1. The van der Waals surface area contributed by atoms with Crippen molar-refractivity contribution in [2.75, 3.05) is 0 Å². The Kier molecular flexibility index (Phi) is 5.61. The van der Waals surface area contributed by atoms with E-state index in [-0.39, 0.29) is 24.2 Å². The molecule has 170 valence electrons. The maximum absolute atomic E-state index is 13.0. The summed E-state index contributed by atoms with van der Waals surface area (Å²) in [5.41, 5.74) is 1.95. The van der Waals surface area contributed by atoms with E-state index in [2.05, 4.69) is 28.8 Å². The number of carbonyl (C=O) groups excluding carboxylic acids is 1. The van der Waals surface area contributed by atoms with Crippen LogP contribution in [0.5, 0.6) is 0 Å². The Hall–Kier alpha value is -2.90. The molecule has 0 radical (unpaired) electrons. The molecule has 1 amide bonds. The lowest BCUT2D eigenvalue weighted by Crippen LogP contribution is -2.38. The molecule has 1 aliphatic heterocycles. The van der Waals surface area contributed by atoms with Gasteiger partial charge in [0.15, 0.2) is 0 Å². The van der Waals surface area contributed by atoms with Crippen LogP contribution in [0.4, 0.5) is 0 Å². The molecule has 1 aliphatic carbocycles. The molecule has 1 N–H and O–H groups in total. The van der Waals surface area contributed by atoms with Gasteiger partial charge >= 0.3 is 5.69 Å². The van der Waals surface area contributed by atoms with Gasteiger partial charge in [0.05, 0.1) is 11.0 Å². The molecule has 1 aromatic carbocycles. The van der Waals surface area contributed by atoms with Gasteiger partial charge in [-0.15, -0.1) is 0 Å². The average molecular weight is 437 g/mol. The zero-order valence-corrected chi connectivity index (χ0v) is 19.0. The largest absolute Gasteiger partial charge is 0.352 e. The minimum atomic E-state index is -0.0217. The second kappa shape index (κ2) is 8.56. The lowest BCUT2D eigenvalue weighted by molar-refractivity contribution is -0.122. The van der Waals surface area contributed by atoms with Gasteiger partial charge in [0.2, 0.25) is 5.91 Å². The van der Waals surface area contributed by atoms with Gasteiger partial charge in [0.25, 0.3) is 0 Å². The Morgan fingerprint density at radius 3 is 2.78 bits per heavy atom. The van der Waals surface area contributed by atoms with Crippen LogP contribution >= 0.6 is 0 Å². The number of carbonyl (C=O) groups is 1. The zero-order valence-electron chi connectivity index (χ0n) is 19.0. The molecule has 2 aromatic heterocycles. The van der Waals surface area contributed by atoms with E-state index in [9.17, 15) is 9.59 Å². The number of hydrogen-bond acceptors (Lipinski definition) is 4. The lowest BCUT2D eigenvalue weighted by atomic mass is 10.1. The summed E-state index contributed by atoms with van der Waals surface area (Å²) in [5.74, 6) is 2.89. The summed E-state index contributed by atoms with van der Waals surface area (Å²) in [6.45, 7) is 5.86. The second-order valence-electron chi connectivity index (χ2n) is 9.67. The first-order chi connectivity index (χ1) is 15.5. The number of imidazole rings is 1. The van der Waals surface area contributed by atoms with Crippen LogP contribution in [-0.4, -0.2) is 35.8 Å². The molecule has 1 atom stereocenters. The van der Waals surface area contributed by atoms with Gasteiger partial charge in [-0.3, -0.25) is 9.36 Å². The SMILES string of the molecule is CC(C)CCn1nc2n(c1=O)CCC(NC(=O)Cn1c(C3CC3)nc3ccccc31)CC2. The van der Waals surface area contributed by atoms with E-state index in [1.807, 2.05) is 24.3 Å². The van der Waals surface area contributed by atoms with Crippen molar-refractivity contribution in [3.63, 3.8) is 0 Å². The molecule has 5 rings (SSSR count). The topological polar surface area (TPSA) is 86.7 Å². The second-order valence-corrected chi connectivity index (χ2v) is 9.67. The summed E-state index contributed by atoms with van der Waals surface area (Å²) in [5, 5.41) is 7.78. The van der Waals surface area contributed by atoms with Crippen molar-refractivity contribution in [2.45, 2.75) is 84.0 Å². The number of benzene rings is 1. The molecule has 1 saturated carbocycles. The summed E-state index contributed by atoms with van der Waals surface area (Å²) < 4.78 is 5.48. The van der Waals surface area contributed by atoms with E-state index in [4.69, 9.17) is 4.98 Å². The van der Waals surface area contributed by atoms with Gasteiger partial charge in [-0.1, -0.05) is 26.0 Å². The molecule has 8 nitrogen and oxygen atoms in total. The van der Waals surface area contributed by atoms with Crippen LogP contribution in [0.2, 0.25) is 0 Å². The van der Waals surface area contributed by atoms with Crippen molar-refractivity contribution in [3.05, 3.63) is 46.4 Å². The highest BCUT2D eigenvalue weighted by atomic mass is 16.2. The van der Waals surface area contributed by atoms with Crippen LogP contribution in [0.3, 0.4) is 0 Å². The standard InChI is InChI=1S/C24H32N6O2/c1-16(2)11-14-30-24(32)28-13-12-18(9-10-21(28)27-30)25-22(31)15-29-20-6-4-3-5-19(20)26-23(29)17-7-8-17/h3-6,16-18H,7-15H2,1-2H3,(H,25,31). The van der Waals surface area contributed by atoms with Crippen LogP contribution in [0, 0.1) is 5.92 Å². The van der Waals surface area contributed by atoms with E-state index < -0.39 is 0 Å². The quantitative estimate of drug-likeness (QED) is 0.617. The minimum Gasteiger partial charge on any atom is -0.352 e. The van der Waals surface area contributed by atoms with Crippen LogP contribution < -0.4 is 11.0 Å². The molecule has 1 unspecified atom stereocenters. The smallest absolute Gasteiger partial charge is 0.345 e. The van der Waals surface area contributed by atoms with Gasteiger partial charge in [0, 0.05) is 31.5 Å². The fourth-order valence-corrected chi connectivity index (χ4v) is 4.63. The summed E-state index contributed by atoms with van der Waals surface area (Å²) in [6.07, 6.45) is 5.49. The summed E-state index contributed by atoms with van der Waals surface area (Å²) in [4.78, 5) is 30.5. The number of nitrogens with zero attached hydrogens (tertiary/aromatic N) is 5. The Morgan fingerprint density at radius 1 is 1.19 bits per heavy atom. The predicted octanol–water partition coefficient (Wildman–Crippen LogP) is 2.84. The molecule has 32 heavy (non-hydrogen) atoms. The number of aromatic nitrogens is 5. The van der Waals surface area contributed by atoms with Crippen molar-refractivity contribution < 1.29 is 4.79 Å². The molecule has 3 heterocycles. The van der Waals surface area contributed by atoms with Gasteiger partial charge in [-0.05, 0) is 50.2 Å². The summed E-state index contributed by atoms with van der Waals surface area (Å²) in [6, 6.07) is 8.08. The van der Waals surface area contributed by atoms with Crippen molar-refractivity contribution in [1.29, 1.82) is 0 Å². The average Bonchev–Trinajstić information content (AvgIpc) is 3.52. The fourth-order valence-electron chi connectivity index (χ4n) is 4.63. The van der Waals surface area contributed by atoms with Crippen LogP contribution in [-0.2, 0) is 30.8 Å². The summed E-state index contributed by atoms with van der Waals surface area (Å²) >= 11 is 0. The van der Waals surface area contributed by atoms with Crippen molar-refractivity contribution >= 4 is 16.9 Å².